The van der Waals surface area contributed by atoms with Crippen molar-refractivity contribution in [1.29, 1.82) is 0 Å². The number of rotatable bonds is 5. The van der Waals surface area contributed by atoms with Gasteiger partial charge in [-0.2, -0.15) is 0 Å². The zero-order chi connectivity index (χ0) is 17.7. The molecule has 1 aromatic carbocycles. The maximum Gasteiger partial charge on any atom is 0.0767 e. The molecule has 1 unspecified atom stereocenters. The summed E-state index contributed by atoms with van der Waals surface area (Å²) in [5, 5.41) is 10.2. The monoisotopic (exact) mass is 323 g/mol. The quantitative estimate of drug-likeness (QED) is 0.789. The van der Waals surface area contributed by atoms with Gasteiger partial charge in [-0.25, -0.2) is 0 Å². The Morgan fingerprint density at radius 1 is 1.17 bits per heavy atom. The molecule has 1 aromatic heterocycles. The molecule has 0 aliphatic carbocycles. The molecule has 0 fully saturated rings. The average molecular weight is 323 g/mol. The number of aliphatic hydroxyl groups excluding tert-OH is 1. The Balaban J connectivity index is 2.47. The maximum atomic E-state index is 10.2. The predicted molar refractivity (Wildman–Crippen MR) is 101 cm³/mol. The van der Waals surface area contributed by atoms with E-state index >= 15 is 0 Å². The van der Waals surface area contributed by atoms with E-state index < -0.39 is 11.6 Å². The van der Waals surface area contributed by atoms with E-state index in [1.54, 1.807) is 25.4 Å². The van der Waals surface area contributed by atoms with Crippen LogP contribution in [0.2, 0.25) is 0 Å². The fraction of sp³-hybridized carbons (Fsp3) is 0.250. The summed E-state index contributed by atoms with van der Waals surface area (Å²) >= 11 is 0. The molecule has 0 saturated carbocycles. The van der Waals surface area contributed by atoms with Gasteiger partial charge in [0.1, 0.15) is 0 Å². The van der Waals surface area contributed by atoms with Gasteiger partial charge in [0, 0.05) is 23.5 Å². The van der Waals surface area contributed by atoms with E-state index in [1.165, 1.54) is 6.20 Å². The highest BCUT2D eigenvalue weighted by molar-refractivity contribution is 5.85. The molecule has 0 radical (unpaired) electrons. The van der Waals surface area contributed by atoms with Gasteiger partial charge in [0.15, 0.2) is 0 Å². The van der Waals surface area contributed by atoms with Crippen molar-refractivity contribution in [3.05, 3.63) is 71.2 Å². The van der Waals surface area contributed by atoms with Crippen LogP contribution in [-0.4, -0.2) is 16.2 Å². The fourth-order valence-electron chi connectivity index (χ4n) is 2.50. The Labute approximate surface area is 143 Å². The molecular weight excluding hydrogens is 298 g/mol. The van der Waals surface area contributed by atoms with E-state index in [-0.39, 0.29) is 0 Å². The highest BCUT2D eigenvalue weighted by Crippen LogP contribution is 2.26. The van der Waals surface area contributed by atoms with Gasteiger partial charge in [-0.15, -0.1) is 0 Å². The van der Waals surface area contributed by atoms with Crippen LogP contribution in [0.1, 0.15) is 43.0 Å². The second-order valence-electron chi connectivity index (χ2n) is 6.44. The Bertz CT molecular complexity index is 738. The second kappa shape index (κ2) is 7.43. The number of benzene rings is 1. The summed E-state index contributed by atoms with van der Waals surface area (Å²) in [6.07, 6.45) is 8.09. The van der Waals surface area contributed by atoms with Crippen molar-refractivity contribution in [2.24, 2.45) is 11.5 Å². The van der Waals surface area contributed by atoms with E-state index in [0.717, 1.165) is 27.8 Å². The van der Waals surface area contributed by atoms with E-state index in [4.69, 9.17) is 11.5 Å². The lowest BCUT2D eigenvalue weighted by Gasteiger charge is -2.20. The van der Waals surface area contributed by atoms with Crippen molar-refractivity contribution < 1.29 is 5.11 Å². The molecule has 0 amide bonds. The number of aliphatic hydroxyl groups is 1. The molecule has 0 bridgehead atoms. The molecule has 2 aromatic rings. The topological polar surface area (TPSA) is 85.2 Å². The highest BCUT2D eigenvalue weighted by atomic mass is 16.3. The SMILES string of the molecule is CC(O)/C(=C\c1ccncc1/C=C\N)c1ccc(C(C)(C)N)cc1. The van der Waals surface area contributed by atoms with Crippen LogP contribution in [0.15, 0.2) is 48.9 Å². The summed E-state index contributed by atoms with van der Waals surface area (Å²) in [6, 6.07) is 9.87. The van der Waals surface area contributed by atoms with Crippen LogP contribution >= 0.6 is 0 Å². The molecule has 1 heterocycles. The number of pyridine rings is 1. The van der Waals surface area contributed by atoms with Crippen LogP contribution in [0, 0.1) is 0 Å². The minimum absolute atomic E-state index is 0.391. The third-order valence-electron chi connectivity index (χ3n) is 3.89. The minimum Gasteiger partial charge on any atom is -0.405 e. The summed E-state index contributed by atoms with van der Waals surface area (Å²) < 4.78 is 0. The van der Waals surface area contributed by atoms with E-state index in [1.807, 2.05) is 50.3 Å². The maximum absolute atomic E-state index is 10.2. The van der Waals surface area contributed by atoms with Crippen molar-refractivity contribution in [2.45, 2.75) is 32.4 Å². The van der Waals surface area contributed by atoms with Gasteiger partial charge in [-0.1, -0.05) is 24.3 Å². The number of hydrogen-bond acceptors (Lipinski definition) is 4. The zero-order valence-electron chi connectivity index (χ0n) is 14.4. The first-order valence-corrected chi connectivity index (χ1v) is 7.94. The highest BCUT2D eigenvalue weighted by Gasteiger charge is 2.15. The molecule has 5 N–H and O–H groups in total. The second-order valence-corrected chi connectivity index (χ2v) is 6.44. The van der Waals surface area contributed by atoms with Crippen molar-refractivity contribution in [3.63, 3.8) is 0 Å². The summed E-state index contributed by atoms with van der Waals surface area (Å²) in [5.41, 5.74) is 15.9. The van der Waals surface area contributed by atoms with Crippen molar-refractivity contribution in [3.8, 4) is 0 Å². The Morgan fingerprint density at radius 3 is 2.38 bits per heavy atom. The molecule has 0 aliphatic rings. The number of nitrogens with two attached hydrogens (primary N) is 2. The smallest absolute Gasteiger partial charge is 0.0767 e. The van der Waals surface area contributed by atoms with Crippen LogP contribution in [0.4, 0.5) is 0 Å². The lowest BCUT2D eigenvalue weighted by molar-refractivity contribution is 0.254. The molecule has 4 heteroatoms. The standard InChI is InChI=1S/C20H25N3O/c1-14(24)19(12-16-9-11-23-13-17(16)8-10-21)15-4-6-18(7-5-15)20(2,3)22/h4-14,24H,21-22H2,1-3H3/b10-8-,19-12+. The molecular formula is C20H25N3O. The van der Waals surface area contributed by atoms with E-state index in [9.17, 15) is 5.11 Å². The predicted octanol–water partition coefficient (Wildman–Crippen LogP) is 3.13. The molecule has 4 nitrogen and oxygen atoms in total. The van der Waals surface area contributed by atoms with Gasteiger partial charge in [-0.3, -0.25) is 4.98 Å². The van der Waals surface area contributed by atoms with Crippen LogP contribution in [0.3, 0.4) is 0 Å². The molecule has 0 saturated heterocycles. The number of aromatic nitrogens is 1. The Hall–Kier alpha value is -2.43. The van der Waals surface area contributed by atoms with Crippen LogP contribution in [0.5, 0.6) is 0 Å². The lowest BCUT2D eigenvalue weighted by atomic mass is 9.91. The summed E-state index contributed by atoms with van der Waals surface area (Å²) in [5.74, 6) is 0. The first-order chi connectivity index (χ1) is 11.3. The normalized spacial score (nSPS) is 14.1. The van der Waals surface area contributed by atoms with Gasteiger partial charge in [0.2, 0.25) is 0 Å². The van der Waals surface area contributed by atoms with Gasteiger partial charge >= 0.3 is 0 Å². The fourth-order valence-corrected chi connectivity index (χ4v) is 2.50. The summed E-state index contributed by atoms with van der Waals surface area (Å²) in [6.45, 7) is 5.69. The third-order valence-corrected chi connectivity index (χ3v) is 3.89. The number of hydrogen-bond donors (Lipinski definition) is 3. The van der Waals surface area contributed by atoms with Crippen LogP contribution in [0.25, 0.3) is 17.7 Å². The van der Waals surface area contributed by atoms with E-state index in [0.29, 0.717) is 0 Å². The average Bonchev–Trinajstić information content (AvgIpc) is 2.53. The zero-order valence-corrected chi connectivity index (χ0v) is 14.4. The first kappa shape index (κ1) is 17.9. The molecule has 0 spiro atoms. The van der Waals surface area contributed by atoms with Gasteiger partial charge in [0.25, 0.3) is 0 Å². The molecule has 126 valence electrons. The van der Waals surface area contributed by atoms with Crippen molar-refractivity contribution in [2.75, 3.05) is 0 Å². The summed E-state index contributed by atoms with van der Waals surface area (Å²) in [4.78, 5) is 4.12. The van der Waals surface area contributed by atoms with Crippen LogP contribution < -0.4 is 11.5 Å². The Morgan fingerprint density at radius 2 is 1.83 bits per heavy atom. The summed E-state index contributed by atoms with van der Waals surface area (Å²) in [7, 11) is 0. The van der Waals surface area contributed by atoms with Crippen molar-refractivity contribution in [1.82, 2.24) is 4.98 Å². The Kier molecular flexibility index (Phi) is 5.54. The van der Waals surface area contributed by atoms with E-state index in [2.05, 4.69) is 4.98 Å². The lowest BCUT2D eigenvalue weighted by Crippen LogP contribution is -2.28. The first-order valence-electron chi connectivity index (χ1n) is 7.94. The number of nitrogens with zero attached hydrogens (tertiary/aromatic N) is 1. The molecule has 0 aliphatic heterocycles. The largest absolute Gasteiger partial charge is 0.405 e. The van der Waals surface area contributed by atoms with Gasteiger partial charge in [-0.05, 0) is 67.5 Å². The van der Waals surface area contributed by atoms with Gasteiger partial charge < -0.3 is 16.6 Å². The van der Waals surface area contributed by atoms with Crippen LogP contribution in [-0.2, 0) is 5.54 Å². The minimum atomic E-state index is -0.607. The third kappa shape index (κ3) is 4.31. The van der Waals surface area contributed by atoms with Gasteiger partial charge in [0.05, 0.1) is 6.10 Å². The molecule has 1 atom stereocenters. The molecule has 2 rings (SSSR count). The van der Waals surface area contributed by atoms with Crippen molar-refractivity contribution >= 4 is 17.7 Å². The molecule has 24 heavy (non-hydrogen) atoms.